The first-order valence-corrected chi connectivity index (χ1v) is 9.51. The van der Waals surface area contributed by atoms with Crippen molar-refractivity contribution in [2.24, 2.45) is 5.92 Å². The van der Waals surface area contributed by atoms with E-state index in [2.05, 4.69) is 25.1 Å². The van der Waals surface area contributed by atoms with E-state index in [1.165, 1.54) is 0 Å². The third-order valence-corrected chi connectivity index (χ3v) is 5.03. The van der Waals surface area contributed by atoms with E-state index in [0.717, 1.165) is 17.2 Å². The fraction of sp³-hybridized carbons (Fsp3) is 0.333. The maximum atomic E-state index is 14.6. The largest absolute Gasteiger partial charge is 0.463 e. The normalized spacial score (nSPS) is 17.7. The van der Waals surface area contributed by atoms with Crippen LogP contribution in [0.15, 0.2) is 39.0 Å². The monoisotopic (exact) mass is 487 g/mol. The number of hydrogen-bond acceptors (Lipinski definition) is 8. The second-order valence-electron chi connectivity index (χ2n) is 7.35. The highest BCUT2D eigenvalue weighted by molar-refractivity contribution is 5.62. The van der Waals surface area contributed by atoms with Crippen molar-refractivity contribution in [3.05, 3.63) is 61.4 Å². The molecule has 16 heteroatoms. The van der Waals surface area contributed by atoms with E-state index < -0.39 is 59.6 Å². The van der Waals surface area contributed by atoms with Crippen molar-refractivity contribution in [2.75, 3.05) is 24.6 Å². The maximum absolute atomic E-state index is 14.6. The molecule has 34 heavy (non-hydrogen) atoms. The van der Waals surface area contributed by atoms with Gasteiger partial charge in [0.2, 0.25) is 0 Å². The van der Waals surface area contributed by atoms with Crippen molar-refractivity contribution in [1.29, 1.82) is 0 Å². The number of aromatic amines is 3. The Bertz CT molecular complexity index is 1370. The summed E-state index contributed by atoms with van der Waals surface area (Å²) in [5, 5.41) is 5.83. The molecule has 0 saturated carbocycles. The van der Waals surface area contributed by atoms with Crippen LogP contribution in [-0.4, -0.2) is 55.8 Å². The lowest BCUT2D eigenvalue weighted by atomic mass is 10.1. The molecule has 1 fully saturated rings. The molecule has 1 saturated heterocycles. The van der Waals surface area contributed by atoms with Gasteiger partial charge >= 0.3 is 17.9 Å². The summed E-state index contributed by atoms with van der Waals surface area (Å²) in [6.45, 7) is -1.87. The van der Waals surface area contributed by atoms with E-state index in [-0.39, 0.29) is 23.5 Å². The van der Waals surface area contributed by atoms with Crippen molar-refractivity contribution in [2.45, 2.75) is 12.1 Å². The number of aromatic nitrogens is 6. The van der Waals surface area contributed by atoms with Crippen molar-refractivity contribution in [3.8, 4) is 17.3 Å². The Balaban J connectivity index is 1.52. The molecule has 0 amide bonds. The highest BCUT2D eigenvalue weighted by Gasteiger charge is 2.49. The number of alkyl halides is 5. The molecule has 0 aliphatic carbocycles. The molecule has 4 heterocycles. The van der Waals surface area contributed by atoms with Crippen LogP contribution in [0.25, 0.3) is 11.3 Å². The molecular formula is C18H14F5N7O4. The minimum Gasteiger partial charge on any atom is -0.463 e. The Morgan fingerprint density at radius 3 is 2.50 bits per heavy atom. The summed E-state index contributed by atoms with van der Waals surface area (Å²) >= 11 is 0. The minimum atomic E-state index is -4.66. The average molecular weight is 487 g/mol. The number of nitrogens with one attached hydrogen (secondary N) is 3. The standard InChI is InChI=1S/C18H14F5N7O4/c19-17(20)7-30(5-9(17)6-34-16-25-2-8(3-26-16)18(21,22)23)12-1-11(28-29-14(12)32)10-4-24-15(33)27-13(10)31/h1-4,9H,5-7H2,(H,29,32)(H2,24,27,31,33). The van der Waals surface area contributed by atoms with Gasteiger partial charge in [0, 0.05) is 25.1 Å². The third-order valence-electron chi connectivity index (χ3n) is 5.03. The average Bonchev–Trinajstić information content (AvgIpc) is 3.06. The molecule has 3 aromatic heterocycles. The number of H-pyrrole nitrogens is 3. The van der Waals surface area contributed by atoms with Gasteiger partial charge in [-0.15, -0.1) is 0 Å². The molecule has 0 radical (unpaired) electrons. The highest BCUT2D eigenvalue weighted by Crippen LogP contribution is 2.35. The lowest BCUT2D eigenvalue weighted by Gasteiger charge is -2.17. The Kier molecular flexibility index (Phi) is 5.66. The van der Waals surface area contributed by atoms with Crippen LogP contribution in [-0.2, 0) is 6.18 Å². The summed E-state index contributed by atoms with van der Waals surface area (Å²) < 4.78 is 72.0. The van der Waals surface area contributed by atoms with Gasteiger partial charge in [-0.1, -0.05) is 0 Å². The molecule has 4 rings (SSSR count). The van der Waals surface area contributed by atoms with Gasteiger partial charge in [0.25, 0.3) is 17.0 Å². The molecule has 180 valence electrons. The number of rotatable bonds is 5. The summed E-state index contributed by atoms with van der Waals surface area (Å²) in [5.74, 6) is -4.79. The predicted molar refractivity (Wildman–Crippen MR) is 105 cm³/mol. The van der Waals surface area contributed by atoms with Gasteiger partial charge in [-0.25, -0.2) is 28.6 Å². The van der Waals surface area contributed by atoms with E-state index in [9.17, 15) is 36.3 Å². The van der Waals surface area contributed by atoms with E-state index in [1.54, 1.807) is 0 Å². The van der Waals surface area contributed by atoms with Crippen molar-refractivity contribution in [3.63, 3.8) is 0 Å². The number of hydrogen-bond donors (Lipinski definition) is 3. The summed E-state index contributed by atoms with van der Waals surface area (Å²) in [6, 6.07) is 0.614. The smallest absolute Gasteiger partial charge is 0.419 e. The van der Waals surface area contributed by atoms with Crippen LogP contribution in [0.3, 0.4) is 0 Å². The molecule has 0 bridgehead atoms. The second-order valence-corrected chi connectivity index (χ2v) is 7.35. The lowest BCUT2D eigenvalue weighted by molar-refractivity contribution is -0.138. The summed E-state index contributed by atoms with van der Waals surface area (Å²) in [7, 11) is 0. The number of nitrogens with zero attached hydrogens (tertiary/aromatic N) is 4. The molecule has 11 nitrogen and oxygen atoms in total. The molecule has 0 aromatic carbocycles. The van der Waals surface area contributed by atoms with E-state index in [1.807, 2.05) is 4.98 Å². The predicted octanol–water partition coefficient (Wildman–Crippen LogP) is 0.773. The number of ether oxygens (including phenoxy) is 1. The fourth-order valence-electron chi connectivity index (χ4n) is 3.29. The van der Waals surface area contributed by atoms with Crippen LogP contribution in [0, 0.1) is 5.92 Å². The number of halogens is 5. The zero-order chi connectivity index (χ0) is 24.7. The molecule has 1 aliphatic heterocycles. The van der Waals surface area contributed by atoms with Crippen molar-refractivity contribution >= 4 is 5.69 Å². The van der Waals surface area contributed by atoms with Gasteiger partial charge in [-0.2, -0.15) is 18.3 Å². The van der Waals surface area contributed by atoms with E-state index >= 15 is 0 Å². The summed E-state index contributed by atoms with van der Waals surface area (Å²) in [4.78, 5) is 47.4. The fourth-order valence-corrected chi connectivity index (χ4v) is 3.29. The molecule has 3 N–H and O–H groups in total. The van der Waals surface area contributed by atoms with Gasteiger partial charge in [0.1, 0.15) is 12.3 Å². The molecule has 1 unspecified atom stereocenters. The molecular weight excluding hydrogens is 473 g/mol. The van der Waals surface area contributed by atoms with Gasteiger partial charge in [0.05, 0.1) is 29.3 Å². The van der Waals surface area contributed by atoms with Crippen molar-refractivity contribution < 1.29 is 26.7 Å². The third kappa shape index (κ3) is 4.65. The highest BCUT2D eigenvalue weighted by atomic mass is 19.4. The SMILES string of the molecule is O=c1[nH]cc(-c2cc(N3CC(COc4ncc(C(F)(F)F)cn4)C(F)(F)C3)c(=O)[nH]n2)c(=O)[nH]1. The zero-order valence-corrected chi connectivity index (χ0v) is 16.8. The van der Waals surface area contributed by atoms with Crippen molar-refractivity contribution in [1.82, 2.24) is 30.1 Å². The van der Waals surface area contributed by atoms with Crippen LogP contribution in [0.4, 0.5) is 27.6 Å². The minimum absolute atomic E-state index is 0.0757. The Morgan fingerprint density at radius 2 is 1.85 bits per heavy atom. The zero-order valence-electron chi connectivity index (χ0n) is 16.8. The van der Waals surface area contributed by atoms with Crippen LogP contribution in [0.2, 0.25) is 0 Å². The summed E-state index contributed by atoms with van der Waals surface area (Å²) in [5.41, 5.74) is -3.88. The van der Waals surface area contributed by atoms with E-state index in [0.29, 0.717) is 12.4 Å². The first kappa shape index (κ1) is 23.1. The topological polar surface area (TPSA) is 150 Å². The molecule has 1 atom stereocenters. The molecule has 1 aliphatic rings. The van der Waals surface area contributed by atoms with Crippen LogP contribution in [0.1, 0.15) is 5.56 Å². The first-order chi connectivity index (χ1) is 15.9. The lowest BCUT2D eigenvalue weighted by Crippen LogP contribution is -2.32. The molecule has 0 spiro atoms. The first-order valence-electron chi connectivity index (χ1n) is 9.51. The van der Waals surface area contributed by atoms with Crippen LogP contribution < -0.4 is 26.4 Å². The van der Waals surface area contributed by atoms with Crippen LogP contribution in [0.5, 0.6) is 6.01 Å². The van der Waals surface area contributed by atoms with Gasteiger partial charge in [-0.05, 0) is 6.07 Å². The number of anilines is 1. The summed E-state index contributed by atoms with van der Waals surface area (Å²) in [6.07, 6.45) is -2.66. The maximum Gasteiger partial charge on any atom is 0.419 e. The van der Waals surface area contributed by atoms with Gasteiger partial charge < -0.3 is 14.6 Å². The van der Waals surface area contributed by atoms with E-state index in [4.69, 9.17) is 4.74 Å². The Hall–Kier alpha value is -4.11. The van der Waals surface area contributed by atoms with Gasteiger partial charge in [0.15, 0.2) is 0 Å². The Morgan fingerprint density at radius 1 is 1.15 bits per heavy atom. The molecule has 3 aromatic rings. The van der Waals surface area contributed by atoms with Crippen LogP contribution >= 0.6 is 0 Å². The Labute approximate surface area is 184 Å². The van der Waals surface area contributed by atoms with Gasteiger partial charge in [-0.3, -0.25) is 14.6 Å². The second kappa shape index (κ2) is 8.35. The quantitative estimate of drug-likeness (QED) is 0.447.